The molecule has 16 heavy (non-hydrogen) atoms. The fraction of sp³-hybridized carbons (Fsp3) is 0.636. The lowest BCUT2D eigenvalue weighted by Gasteiger charge is -2.24. The van der Waals surface area contributed by atoms with Crippen LogP contribution in [0.25, 0.3) is 0 Å². The highest BCUT2D eigenvalue weighted by molar-refractivity contribution is 5.50. The lowest BCUT2D eigenvalue weighted by atomic mass is 10.1. The van der Waals surface area contributed by atoms with Crippen LogP contribution in [0.5, 0.6) is 0 Å². The highest BCUT2D eigenvalue weighted by atomic mass is 16.5. The largest absolute Gasteiger partial charge is 0.376 e. The SMILES string of the molecule is NC1CCN(c2ncnc3c2COCC3)C1. The second kappa shape index (κ2) is 3.99. The van der Waals surface area contributed by atoms with Crippen molar-refractivity contribution < 1.29 is 4.74 Å². The third-order valence-electron chi connectivity index (χ3n) is 3.27. The van der Waals surface area contributed by atoms with Gasteiger partial charge in [-0.05, 0) is 6.42 Å². The van der Waals surface area contributed by atoms with Crippen LogP contribution in [-0.2, 0) is 17.8 Å². The first-order valence-electron chi connectivity index (χ1n) is 5.75. The van der Waals surface area contributed by atoms with Crippen molar-refractivity contribution in [3.63, 3.8) is 0 Å². The van der Waals surface area contributed by atoms with Gasteiger partial charge in [-0.15, -0.1) is 0 Å². The standard InChI is InChI=1S/C11H16N4O/c12-8-1-3-15(5-8)11-9-6-16-4-2-10(9)13-7-14-11/h7-8H,1-6,12H2. The Morgan fingerprint density at radius 2 is 2.38 bits per heavy atom. The zero-order valence-electron chi connectivity index (χ0n) is 9.22. The van der Waals surface area contributed by atoms with Gasteiger partial charge in [-0.2, -0.15) is 0 Å². The molecular formula is C11H16N4O. The first-order chi connectivity index (χ1) is 7.84. The van der Waals surface area contributed by atoms with E-state index in [-0.39, 0.29) is 6.04 Å². The van der Waals surface area contributed by atoms with Gasteiger partial charge in [0.1, 0.15) is 12.1 Å². The summed E-state index contributed by atoms with van der Waals surface area (Å²) in [6, 6.07) is 0.273. The van der Waals surface area contributed by atoms with Gasteiger partial charge < -0.3 is 15.4 Å². The molecule has 2 aliphatic heterocycles. The fourth-order valence-corrected chi connectivity index (χ4v) is 2.40. The van der Waals surface area contributed by atoms with E-state index in [1.807, 2.05) is 0 Å². The third-order valence-corrected chi connectivity index (χ3v) is 3.27. The van der Waals surface area contributed by atoms with Crippen molar-refractivity contribution in [1.82, 2.24) is 9.97 Å². The third kappa shape index (κ3) is 1.66. The van der Waals surface area contributed by atoms with Crippen molar-refractivity contribution in [3.05, 3.63) is 17.6 Å². The Morgan fingerprint density at radius 3 is 3.19 bits per heavy atom. The molecular weight excluding hydrogens is 204 g/mol. The van der Waals surface area contributed by atoms with E-state index in [0.717, 1.165) is 49.6 Å². The van der Waals surface area contributed by atoms with Gasteiger partial charge in [0, 0.05) is 31.1 Å². The van der Waals surface area contributed by atoms with Crippen LogP contribution in [-0.4, -0.2) is 35.7 Å². The van der Waals surface area contributed by atoms with E-state index in [2.05, 4.69) is 14.9 Å². The number of hydrogen-bond donors (Lipinski definition) is 1. The van der Waals surface area contributed by atoms with Crippen LogP contribution < -0.4 is 10.6 Å². The molecule has 1 unspecified atom stereocenters. The van der Waals surface area contributed by atoms with Crippen LogP contribution in [0.2, 0.25) is 0 Å². The molecule has 0 aromatic carbocycles. The summed E-state index contributed by atoms with van der Waals surface area (Å²) in [6.07, 6.45) is 3.59. The molecule has 0 spiro atoms. The smallest absolute Gasteiger partial charge is 0.137 e. The van der Waals surface area contributed by atoms with Crippen molar-refractivity contribution >= 4 is 5.82 Å². The Labute approximate surface area is 94.6 Å². The van der Waals surface area contributed by atoms with Crippen molar-refractivity contribution in [2.75, 3.05) is 24.6 Å². The lowest BCUT2D eigenvalue weighted by Crippen LogP contribution is -2.29. The summed E-state index contributed by atoms with van der Waals surface area (Å²) in [6.45, 7) is 3.29. The molecule has 0 radical (unpaired) electrons. The first kappa shape index (κ1) is 9.99. The number of fused-ring (bicyclic) bond motifs is 1. The first-order valence-corrected chi connectivity index (χ1v) is 5.75. The number of aromatic nitrogens is 2. The van der Waals surface area contributed by atoms with Crippen LogP contribution in [0, 0.1) is 0 Å². The van der Waals surface area contributed by atoms with Gasteiger partial charge in [0.25, 0.3) is 0 Å². The van der Waals surface area contributed by atoms with E-state index in [1.165, 1.54) is 0 Å². The predicted octanol–water partition coefficient (Wildman–Crippen LogP) is 0.0867. The highest BCUT2D eigenvalue weighted by Crippen LogP contribution is 2.26. The van der Waals surface area contributed by atoms with Crippen LogP contribution in [0.3, 0.4) is 0 Å². The normalized spacial score (nSPS) is 24.6. The molecule has 3 rings (SSSR count). The highest BCUT2D eigenvalue weighted by Gasteiger charge is 2.25. The Kier molecular flexibility index (Phi) is 2.49. The monoisotopic (exact) mass is 220 g/mol. The summed E-state index contributed by atoms with van der Waals surface area (Å²) < 4.78 is 5.49. The number of hydrogen-bond acceptors (Lipinski definition) is 5. The fourth-order valence-electron chi connectivity index (χ4n) is 2.40. The summed E-state index contributed by atoms with van der Waals surface area (Å²) >= 11 is 0. The van der Waals surface area contributed by atoms with Crippen LogP contribution in [0.1, 0.15) is 17.7 Å². The summed E-state index contributed by atoms with van der Waals surface area (Å²) in [5, 5.41) is 0. The van der Waals surface area contributed by atoms with Crippen LogP contribution in [0.4, 0.5) is 5.82 Å². The average Bonchev–Trinajstić information content (AvgIpc) is 2.75. The number of rotatable bonds is 1. The molecule has 2 aliphatic rings. The van der Waals surface area contributed by atoms with Gasteiger partial charge in [0.05, 0.1) is 18.9 Å². The molecule has 2 N–H and O–H groups in total. The molecule has 1 atom stereocenters. The van der Waals surface area contributed by atoms with E-state index >= 15 is 0 Å². The predicted molar refractivity (Wildman–Crippen MR) is 60.2 cm³/mol. The molecule has 1 fully saturated rings. The number of nitrogens with two attached hydrogens (primary N) is 1. The molecule has 1 aromatic heterocycles. The van der Waals surface area contributed by atoms with Gasteiger partial charge in [-0.3, -0.25) is 0 Å². The van der Waals surface area contributed by atoms with Gasteiger partial charge in [0.2, 0.25) is 0 Å². The quantitative estimate of drug-likeness (QED) is 0.726. The van der Waals surface area contributed by atoms with E-state index < -0.39 is 0 Å². The maximum atomic E-state index is 5.92. The van der Waals surface area contributed by atoms with Crippen molar-refractivity contribution in [1.29, 1.82) is 0 Å². The number of anilines is 1. The maximum Gasteiger partial charge on any atom is 0.137 e. The molecule has 0 bridgehead atoms. The molecule has 5 nitrogen and oxygen atoms in total. The molecule has 5 heteroatoms. The van der Waals surface area contributed by atoms with Gasteiger partial charge in [0.15, 0.2) is 0 Å². The minimum atomic E-state index is 0.273. The Hall–Kier alpha value is -1.20. The molecule has 1 aromatic rings. The van der Waals surface area contributed by atoms with E-state index in [1.54, 1.807) is 6.33 Å². The summed E-state index contributed by atoms with van der Waals surface area (Å²) in [5.74, 6) is 1.03. The van der Waals surface area contributed by atoms with Gasteiger partial charge >= 0.3 is 0 Å². The van der Waals surface area contributed by atoms with Crippen molar-refractivity contribution in [3.8, 4) is 0 Å². The van der Waals surface area contributed by atoms with E-state index in [9.17, 15) is 0 Å². The zero-order valence-corrected chi connectivity index (χ0v) is 9.22. The molecule has 0 aliphatic carbocycles. The Morgan fingerprint density at radius 1 is 1.44 bits per heavy atom. The van der Waals surface area contributed by atoms with Crippen LogP contribution in [0.15, 0.2) is 6.33 Å². The van der Waals surface area contributed by atoms with Gasteiger partial charge in [-0.25, -0.2) is 9.97 Å². The number of ether oxygens (including phenoxy) is 1. The van der Waals surface area contributed by atoms with Gasteiger partial charge in [-0.1, -0.05) is 0 Å². The molecule has 1 saturated heterocycles. The minimum Gasteiger partial charge on any atom is -0.376 e. The average molecular weight is 220 g/mol. The molecule has 86 valence electrons. The topological polar surface area (TPSA) is 64.3 Å². The Balaban J connectivity index is 1.94. The maximum absolute atomic E-state index is 5.92. The van der Waals surface area contributed by atoms with E-state index in [0.29, 0.717) is 6.61 Å². The minimum absolute atomic E-state index is 0.273. The summed E-state index contributed by atoms with van der Waals surface area (Å²) in [4.78, 5) is 11.0. The van der Waals surface area contributed by atoms with Crippen molar-refractivity contribution in [2.45, 2.75) is 25.5 Å². The number of nitrogens with zero attached hydrogens (tertiary/aromatic N) is 3. The van der Waals surface area contributed by atoms with Crippen LogP contribution >= 0.6 is 0 Å². The Bertz CT molecular complexity index is 396. The zero-order chi connectivity index (χ0) is 11.0. The molecule has 3 heterocycles. The second-order valence-electron chi connectivity index (χ2n) is 4.42. The van der Waals surface area contributed by atoms with Crippen molar-refractivity contribution in [2.24, 2.45) is 5.73 Å². The summed E-state index contributed by atoms with van der Waals surface area (Å²) in [5.41, 5.74) is 8.21. The van der Waals surface area contributed by atoms with E-state index in [4.69, 9.17) is 10.5 Å². The molecule has 0 amide bonds. The lowest BCUT2D eigenvalue weighted by molar-refractivity contribution is 0.109. The summed E-state index contributed by atoms with van der Waals surface area (Å²) in [7, 11) is 0. The second-order valence-corrected chi connectivity index (χ2v) is 4.42. The molecule has 0 saturated carbocycles.